The van der Waals surface area contributed by atoms with Crippen LogP contribution in [-0.4, -0.2) is 23.6 Å². The van der Waals surface area contributed by atoms with Crippen LogP contribution in [0.3, 0.4) is 0 Å². The highest BCUT2D eigenvalue weighted by atomic mass is 15.2. The zero-order valence-corrected chi connectivity index (χ0v) is 12.4. The summed E-state index contributed by atoms with van der Waals surface area (Å²) >= 11 is 0. The molecule has 1 heterocycles. The molecule has 1 aromatic heterocycles. The lowest BCUT2D eigenvalue weighted by molar-refractivity contribution is 0.706. The van der Waals surface area contributed by atoms with Crippen molar-refractivity contribution in [3.8, 4) is 0 Å². The summed E-state index contributed by atoms with van der Waals surface area (Å²) < 4.78 is 0. The molecule has 0 radical (unpaired) electrons. The van der Waals surface area contributed by atoms with Gasteiger partial charge in [-0.15, -0.1) is 0 Å². The van der Waals surface area contributed by atoms with Crippen LogP contribution >= 0.6 is 0 Å². The van der Waals surface area contributed by atoms with Crippen molar-refractivity contribution in [1.82, 2.24) is 15.3 Å². The monoisotopic (exact) mass is 270 g/mol. The first-order valence-corrected chi connectivity index (χ1v) is 6.98. The average molecular weight is 270 g/mol. The Kier molecular flexibility index (Phi) is 5.07. The molecule has 4 heteroatoms. The molecule has 4 nitrogen and oxygen atoms in total. The molecule has 0 aliphatic carbocycles. The largest absolute Gasteiger partial charge is 0.354 e. The first-order valence-electron chi connectivity index (χ1n) is 6.98. The van der Waals surface area contributed by atoms with Crippen LogP contribution in [0.5, 0.6) is 0 Å². The van der Waals surface area contributed by atoms with Crippen molar-refractivity contribution in [3.05, 3.63) is 53.5 Å². The van der Waals surface area contributed by atoms with E-state index in [1.807, 2.05) is 19.4 Å². The molecule has 0 unspecified atom stereocenters. The summed E-state index contributed by atoms with van der Waals surface area (Å²) in [5.74, 6) is 0.897. The van der Waals surface area contributed by atoms with E-state index in [4.69, 9.17) is 0 Å². The molecule has 2 aromatic rings. The van der Waals surface area contributed by atoms with E-state index in [-0.39, 0.29) is 0 Å². The summed E-state index contributed by atoms with van der Waals surface area (Å²) in [5, 5.41) is 3.24. The van der Waals surface area contributed by atoms with Crippen molar-refractivity contribution >= 4 is 5.82 Å². The summed E-state index contributed by atoms with van der Waals surface area (Å²) in [6.07, 6.45) is 3.68. The second kappa shape index (κ2) is 7.01. The molecule has 0 atom stereocenters. The molecule has 1 N–H and O–H groups in total. The Morgan fingerprint density at radius 2 is 1.95 bits per heavy atom. The summed E-state index contributed by atoms with van der Waals surface area (Å²) in [7, 11) is 2.04. The molecule has 0 aliphatic rings. The van der Waals surface area contributed by atoms with Crippen molar-refractivity contribution in [2.75, 3.05) is 18.5 Å². The molecule has 0 saturated heterocycles. The molecule has 0 amide bonds. The van der Waals surface area contributed by atoms with Crippen LogP contribution in [0.2, 0.25) is 0 Å². The molecule has 0 saturated carbocycles. The standard InChI is InChI=1S/C16H22N4/c1-4-17-9-15-10-19-16(11-18-15)20(3)12-14-8-6-5-7-13(14)2/h5-8,10-11,17H,4,9,12H2,1-3H3. The van der Waals surface area contributed by atoms with E-state index in [0.717, 1.165) is 31.1 Å². The third kappa shape index (κ3) is 3.78. The van der Waals surface area contributed by atoms with E-state index in [2.05, 4.69) is 58.3 Å². The lowest BCUT2D eigenvalue weighted by atomic mass is 10.1. The van der Waals surface area contributed by atoms with Crippen molar-refractivity contribution in [2.24, 2.45) is 0 Å². The summed E-state index contributed by atoms with van der Waals surface area (Å²) in [5.41, 5.74) is 3.59. The van der Waals surface area contributed by atoms with Crippen LogP contribution in [-0.2, 0) is 13.1 Å². The van der Waals surface area contributed by atoms with E-state index in [9.17, 15) is 0 Å². The van der Waals surface area contributed by atoms with Crippen LogP contribution in [0.4, 0.5) is 5.82 Å². The van der Waals surface area contributed by atoms with Gasteiger partial charge in [0.25, 0.3) is 0 Å². The molecule has 106 valence electrons. The second-order valence-corrected chi connectivity index (χ2v) is 4.93. The second-order valence-electron chi connectivity index (χ2n) is 4.93. The fourth-order valence-corrected chi connectivity index (χ4v) is 2.01. The van der Waals surface area contributed by atoms with Crippen LogP contribution in [0.15, 0.2) is 36.7 Å². The van der Waals surface area contributed by atoms with E-state index < -0.39 is 0 Å². The highest BCUT2D eigenvalue weighted by Crippen LogP contribution is 2.14. The number of nitrogens with zero attached hydrogens (tertiary/aromatic N) is 3. The Hall–Kier alpha value is -1.94. The van der Waals surface area contributed by atoms with Crippen molar-refractivity contribution in [2.45, 2.75) is 26.9 Å². The molecular formula is C16H22N4. The molecule has 0 fully saturated rings. The Bertz CT molecular complexity index is 536. The van der Waals surface area contributed by atoms with Gasteiger partial charge in [-0.2, -0.15) is 0 Å². The molecular weight excluding hydrogens is 248 g/mol. The molecule has 20 heavy (non-hydrogen) atoms. The Morgan fingerprint density at radius 1 is 1.15 bits per heavy atom. The number of rotatable bonds is 6. The number of nitrogens with one attached hydrogen (secondary N) is 1. The third-order valence-electron chi connectivity index (χ3n) is 3.31. The smallest absolute Gasteiger partial charge is 0.147 e. The molecule has 1 aromatic carbocycles. The van der Waals surface area contributed by atoms with Gasteiger partial charge < -0.3 is 10.2 Å². The van der Waals surface area contributed by atoms with Crippen LogP contribution in [0.1, 0.15) is 23.7 Å². The van der Waals surface area contributed by atoms with E-state index in [1.165, 1.54) is 11.1 Å². The normalized spacial score (nSPS) is 10.6. The SMILES string of the molecule is CCNCc1cnc(N(C)Cc2ccccc2C)cn1. The topological polar surface area (TPSA) is 41.1 Å². The van der Waals surface area contributed by atoms with Gasteiger partial charge in [0.1, 0.15) is 5.82 Å². The van der Waals surface area contributed by atoms with Crippen molar-refractivity contribution in [1.29, 1.82) is 0 Å². The molecule has 0 bridgehead atoms. The Labute approximate surface area is 120 Å². The van der Waals surface area contributed by atoms with Gasteiger partial charge >= 0.3 is 0 Å². The van der Waals surface area contributed by atoms with E-state index in [0.29, 0.717) is 0 Å². The summed E-state index contributed by atoms with van der Waals surface area (Å²) in [4.78, 5) is 11.0. The van der Waals surface area contributed by atoms with Crippen molar-refractivity contribution < 1.29 is 0 Å². The maximum atomic E-state index is 4.48. The van der Waals surface area contributed by atoms with Gasteiger partial charge in [-0.3, -0.25) is 4.98 Å². The fourth-order valence-electron chi connectivity index (χ4n) is 2.01. The Morgan fingerprint density at radius 3 is 2.60 bits per heavy atom. The Balaban J connectivity index is 2.02. The first kappa shape index (κ1) is 14.5. The van der Waals surface area contributed by atoms with Crippen molar-refractivity contribution in [3.63, 3.8) is 0 Å². The van der Waals surface area contributed by atoms with Gasteiger partial charge in [0.15, 0.2) is 0 Å². The number of aryl methyl sites for hydroxylation is 1. The van der Waals surface area contributed by atoms with Gasteiger partial charge in [0.2, 0.25) is 0 Å². The van der Waals surface area contributed by atoms with E-state index >= 15 is 0 Å². The number of hydrogen-bond acceptors (Lipinski definition) is 4. The van der Waals surface area contributed by atoms with Gasteiger partial charge in [0, 0.05) is 20.1 Å². The first-order chi connectivity index (χ1) is 9.70. The third-order valence-corrected chi connectivity index (χ3v) is 3.31. The number of benzene rings is 1. The summed E-state index contributed by atoms with van der Waals surface area (Å²) in [6.45, 7) is 6.77. The predicted molar refractivity (Wildman–Crippen MR) is 82.7 cm³/mol. The minimum atomic E-state index is 0.769. The maximum absolute atomic E-state index is 4.48. The van der Waals surface area contributed by atoms with Crippen LogP contribution in [0.25, 0.3) is 0 Å². The maximum Gasteiger partial charge on any atom is 0.147 e. The van der Waals surface area contributed by atoms with Gasteiger partial charge in [-0.05, 0) is 24.6 Å². The number of aromatic nitrogens is 2. The minimum absolute atomic E-state index is 0.769. The van der Waals surface area contributed by atoms with Gasteiger partial charge in [0.05, 0.1) is 18.1 Å². The lowest BCUT2D eigenvalue weighted by Crippen LogP contribution is -2.19. The number of anilines is 1. The minimum Gasteiger partial charge on any atom is -0.354 e. The molecule has 2 rings (SSSR count). The van der Waals surface area contributed by atoms with E-state index in [1.54, 1.807) is 0 Å². The highest BCUT2D eigenvalue weighted by molar-refractivity contribution is 5.38. The average Bonchev–Trinajstić information content (AvgIpc) is 2.48. The van der Waals surface area contributed by atoms with Gasteiger partial charge in [-0.1, -0.05) is 31.2 Å². The lowest BCUT2D eigenvalue weighted by Gasteiger charge is -2.19. The predicted octanol–water partition coefficient (Wildman–Crippen LogP) is 2.53. The van der Waals surface area contributed by atoms with Crippen LogP contribution < -0.4 is 10.2 Å². The molecule has 0 spiro atoms. The zero-order chi connectivity index (χ0) is 14.4. The fraction of sp³-hybridized carbons (Fsp3) is 0.375. The van der Waals surface area contributed by atoms with Crippen LogP contribution in [0, 0.1) is 6.92 Å². The highest BCUT2D eigenvalue weighted by Gasteiger charge is 2.06. The quantitative estimate of drug-likeness (QED) is 0.876. The van der Waals surface area contributed by atoms with Gasteiger partial charge in [-0.25, -0.2) is 4.98 Å². The zero-order valence-electron chi connectivity index (χ0n) is 12.4. The number of hydrogen-bond donors (Lipinski definition) is 1. The summed E-state index contributed by atoms with van der Waals surface area (Å²) in [6, 6.07) is 8.42. The molecule has 0 aliphatic heterocycles.